The number of ether oxygens (including phenoxy) is 4. The number of fused-ring (bicyclic) bond motifs is 2. The molecule has 2 heterocycles. The highest BCUT2D eigenvalue weighted by molar-refractivity contribution is 6.36. The Labute approximate surface area is 248 Å². The maximum atomic E-state index is 14.6. The highest BCUT2D eigenvalue weighted by atomic mass is 35.5. The van der Waals surface area contributed by atoms with Crippen molar-refractivity contribution in [3.05, 3.63) is 57.8 Å². The summed E-state index contributed by atoms with van der Waals surface area (Å²) in [6, 6.07) is 8.62. The number of nitrogens with zero attached hydrogens (tertiary/aromatic N) is 1. The van der Waals surface area contributed by atoms with Crippen LogP contribution in [0.15, 0.2) is 34.7 Å². The maximum absolute atomic E-state index is 14.6. The Bertz CT molecular complexity index is 1560. The Hall–Kier alpha value is -4.02. The molecule has 1 N–H and O–H groups in total. The Kier molecular flexibility index (Phi) is 7.96. The van der Waals surface area contributed by atoms with E-state index >= 15 is 0 Å². The summed E-state index contributed by atoms with van der Waals surface area (Å²) in [5.41, 5.74) is -0.627. The molecule has 1 aliphatic heterocycles. The van der Waals surface area contributed by atoms with Crippen LogP contribution in [0, 0.1) is 5.92 Å². The third kappa shape index (κ3) is 4.68. The number of methoxy groups -OCH3 is 3. The van der Waals surface area contributed by atoms with Crippen LogP contribution >= 0.6 is 11.6 Å². The van der Waals surface area contributed by atoms with Gasteiger partial charge in [0.2, 0.25) is 23.1 Å². The molecule has 0 unspecified atom stereocenters. The molecule has 2 aromatic carbocycles. The van der Waals surface area contributed by atoms with Crippen LogP contribution in [0.1, 0.15) is 39.0 Å². The van der Waals surface area contributed by atoms with Crippen LogP contribution in [0.2, 0.25) is 5.02 Å². The summed E-state index contributed by atoms with van der Waals surface area (Å²) >= 11 is 6.57. The molecule has 1 aliphatic carbocycles. The SMILES string of the molecule is COc1ccc(-c2oc3c(c2CC(=O)NCCN(C)C)C(=O)[C@@]2(Oc4c(Cl)c(OC)cc(OC)c4C2=O)[C@H](C)C3)cc1. The molecular formula is C31H33ClN2O8. The first-order chi connectivity index (χ1) is 20.1. The molecule has 1 amide bonds. The average Bonchev–Trinajstić information content (AvgIpc) is 3.48. The van der Waals surface area contributed by atoms with Crippen LogP contribution in [-0.4, -0.2) is 76.5 Å². The summed E-state index contributed by atoms with van der Waals surface area (Å²) < 4.78 is 28.7. The summed E-state index contributed by atoms with van der Waals surface area (Å²) in [6.07, 6.45) is 0.0755. The van der Waals surface area contributed by atoms with Crippen molar-refractivity contribution in [2.75, 3.05) is 48.5 Å². The molecule has 0 bridgehead atoms. The van der Waals surface area contributed by atoms with E-state index in [4.69, 9.17) is 35.0 Å². The fourth-order valence-corrected chi connectivity index (χ4v) is 5.88. The van der Waals surface area contributed by atoms with Gasteiger partial charge in [0.15, 0.2) is 5.75 Å². The number of Topliss-reactive ketones (excluding diaryl/α,β-unsaturated/α-hetero) is 2. The van der Waals surface area contributed by atoms with Gasteiger partial charge in [0.05, 0.1) is 33.3 Å². The van der Waals surface area contributed by atoms with Gasteiger partial charge in [-0.05, 0) is 38.4 Å². The van der Waals surface area contributed by atoms with Crippen LogP contribution < -0.4 is 24.3 Å². The molecule has 1 spiro atoms. The molecule has 11 heteroatoms. The second kappa shape index (κ2) is 11.3. The fourth-order valence-electron chi connectivity index (χ4n) is 5.62. The van der Waals surface area contributed by atoms with Gasteiger partial charge in [-0.25, -0.2) is 0 Å². The van der Waals surface area contributed by atoms with Gasteiger partial charge in [-0.3, -0.25) is 14.4 Å². The lowest BCUT2D eigenvalue weighted by atomic mass is 9.70. The number of likely N-dealkylation sites (N-methyl/N-ethyl adjacent to an activating group) is 1. The number of halogens is 1. The van der Waals surface area contributed by atoms with Gasteiger partial charge < -0.3 is 33.6 Å². The van der Waals surface area contributed by atoms with Crippen LogP contribution in [0.3, 0.4) is 0 Å². The van der Waals surface area contributed by atoms with Crippen molar-refractivity contribution in [2.45, 2.75) is 25.4 Å². The van der Waals surface area contributed by atoms with Gasteiger partial charge >= 0.3 is 0 Å². The van der Waals surface area contributed by atoms with Crippen LogP contribution in [0.25, 0.3) is 11.3 Å². The summed E-state index contributed by atoms with van der Waals surface area (Å²) in [5, 5.41) is 2.96. The molecular weight excluding hydrogens is 564 g/mol. The molecule has 1 aromatic heterocycles. The standard InChI is InChI=1S/C31H33ClN2O8/c1-16-13-21-24(29(36)31(16)30(37)25-20(39-5)15-22(40-6)26(32)28(25)42-31)19(14-23(35)33-11-12-34(2)3)27(41-21)17-7-9-18(38-4)10-8-17/h7-10,15-16H,11-14H2,1-6H3,(H,33,35)/t16-,31+/m1/s1. The van der Waals surface area contributed by atoms with Gasteiger partial charge in [0.25, 0.3) is 0 Å². The minimum atomic E-state index is -1.92. The number of ketones is 2. The molecule has 0 radical (unpaired) electrons. The van der Waals surface area contributed by atoms with Gasteiger partial charge in [0, 0.05) is 42.6 Å². The zero-order valence-corrected chi connectivity index (χ0v) is 25.1. The maximum Gasteiger partial charge on any atom is 0.237 e. The summed E-state index contributed by atoms with van der Waals surface area (Å²) in [7, 11) is 8.23. The second-order valence-electron chi connectivity index (χ2n) is 10.7. The molecule has 3 aromatic rings. The molecule has 0 saturated heterocycles. The summed E-state index contributed by atoms with van der Waals surface area (Å²) in [5.74, 6) is -0.183. The zero-order valence-electron chi connectivity index (χ0n) is 24.4. The second-order valence-corrected chi connectivity index (χ2v) is 11.0. The van der Waals surface area contributed by atoms with E-state index in [0.717, 1.165) is 0 Å². The van der Waals surface area contributed by atoms with Crippen molar-refractivity contribution >= 4 is 29.1 Å². The smallest absolute Gasteiger partial charge is 0.237 e. The molecule has 2 aliphatic rings. The third-order valence-corrected chi connectivity index (χ3v) is 8.18. The number of hydrogen-bond acceptors (Lipinski definition) is 9. The Morgan fingerprint density at radius 2 is 1.71 bits per heavy atom. The minimum absolute atomic E-state index is 0.0309. The van der Waals surface area contributed by atoms with Crippen molar-refractivity contribution in [3.8, 4) is 34.3 Å². The number of carbonyl (C=O) groups excluding carboxylic acids is 3. The van der Waals surface area contributed by atoms with E-state index in [0.29, 0.717) is 41.5 Å². The lowest BCUT2D eigenvalue weighted by molar-refractivity contribution is -0.120. The number of nitrogens with one attached hydrogen (secondary N) is 1. The van der Waals surface area contributed by atoms with Gasteiger partial charge in [-0.15, -0.1) is 0 Å². The number of furan rings is 1. The van der Waals surface area contributed by atoms with Crippen molar-refractivity contribution in [1.29, 1.82) is 0 Å². The van der Waals surface area contributed by atoms with E-state index in [1.54, 1.807) is 38.3 Å². The number of hydrogen-bond donors (Lipinski definition) is 1. The van der Waals surface area contributed by atoms with Crippen LogP contribution in [0.4, 0.5) is 0 Å². The molecule has 0 fully saturated rings. The van der Waals surface area contributed by atoms with E-state index in [2.05, 4.69) is 5.32 Å². The van der Waals surface area contributed by atoms with Crippen molar-refractivity contribution in [2.24, 2.45) is 5.92 Å². The lowest BCUT2D eigenvalue weighted by Crippen LogP contribution is -2.56. The topological polar surface area (TPSA) is 117 Å². The Morgan fingerprint density at radius 1 is 1.05 bits per heavy atom. The third-order valence-electron chi connectivity index (χ3n) is 7.82. The fraction of sp³-hybridized carbons (Fsp3) is 0.387. The summed E-state index contributed by atoms with van der Waals surface area (Å²) in [4.78, 5) is 43.8. The first kappa shape index (κ1) is 29.5. The molecule has 42 heavy (non-hydrogen) atoms. The van der Waals surface area contributed by atoms with Gasteiger partial charge in [-0.1, -0.05) is 18.5 Å². The highest BCUT2D eigenvalue weighted by Gasteiger charge is 2.63. The number of benzene rings is 2. The Balaban J connectivity index is 1.63. The molecule has 222 valence electrons. The van der Waals surface area contributed by atoms with Crippen LogP contribution in [0.5, 0.6) is 23.0 Å². The number of carbonyl (C=O) groups is 3. The minimum Gasteiger partial charge on any atom is -0.497 e. The molecule has 5 rings (SSSR count). The molecule has 10 nitrogen and oxygen atoms in total. The molecule has 2 atom stereocenters. The van der Waals surface area contributed by atoms with Crippen molar-refractivity contribution in [3.63, 3.8) is 0 Å². The lowest BCUT2D eigenvalue weighted by Gasteiger charge is -2.35. The number of rotatable bonds is 9. The molecule has 0 saturated carbocycles. The summed E-state index contributed by atoms with van der Waals surface area (Å²) in [6.45, 7) is 2.83. The number of amides is 1. The van der Waals surface area contributed by atoms with E-state index in [9.17, 15) is 14.4 Å². The normalized spacial score (nSPS) is 19.0. The quantitative estimate of drug-likeness (QED) is 0.362. The highest BCUT2D eigenvalue weighted by Crippen LogP contribution is 2.54. The van der Waals surface area contributed by atoms with E-state index < -0.39 is 23.1 Å². The van der Waals surface area contributed by atoms with Gasteiger partial charge in [0.1, 0.15) is 39.4 Å². The first-order valence-electron chi connectivity index (χ1n) is 13.5. The van der Waals surface area contributed by atoms with Crippen LogP contribution in [-0.2, 0) is 17.6 Å². The van der Waals surface area contributed by atoms with Gasteiger partial charge in [-0.2, -0.15) is 0 Å². The zero-order chi connectivity index (χ0) is 30.3. The monoisotopic (exact) mass is 596 g/mol. The van der Waals surface area contributed by atoms with E-state index in [1.165, 1.54) is 20.3 Å². The average molecular weight is 597 g/mol. The van der Waals surface area contributed by atoms with Crippen molar-refractivity contribution in [1.82, 2.24) is 10.2 Å². The predicted molar refractivity (Wildman–Crippen MR) is 155 cm³/mol. The van der Waals surface area contributed by atoms with Crippen molar-refractivity contribution < 1.29 is 37.7 Å². The Morgan fingerprint density at radius 3 is 2.33 bits per heavy atom. The first-order valence-corrected chi connectivity index (χ1v) is 13.9. The predicted octanol–water partition coefficient (Wildman–Crippen LogP) is 4.24. The van der Waals surface area contributed by atoms with E-state index in [-0.39, 0.29) is 52.1 Å². The largest absolute Gasteiger partial charge is 0.497 e. The van der Waals surface area contributed by atoms with E-state index in [1.807, 2.05) is 19.0 Å².